The van der Waals surface area contributed by atoms with Gasteiger partial charge in [-0.2, -0.15) is 4.80 Å². The molecule has 0 aliphatic carbocycles. The second kappa shape index (κ2) is 6.32. The normalized spacial score (nSPS) is 22.2. The smallest absolute Gasteiger partial charge is 0.246 e. The molecule has 0 saturated carbocycles. The first-order valence-electron chi connectivity index (χ1n) is 8.19. The van der Waals surface area contributed by atoms with Crippen LogP contribution in [0.3, 0.4) is 0 Å². The molecule has 0 spiro atoms. The van der Waals surface area contributed by atoms with Gasteiger partial charge in [0.15, 0.2) is 11.5 Å². The topological polar surface area (TPSA) is 91.6 Å². The molecule has 2 atom stereocenters. The van der Waals surface area contributed by atoms with E-state index in [-0.39, 0.29) is 31.5 Å². The van der Waals surface area contributed by atoms with Crippen molar-refractivity contribution in [2.75, 3.05) is 19.9 Å². The van der Waals surface area contributed by atoms with Gasteiger partial charge in [-0.15, -0.1) is 10.2 Å². The number of nitrogens with zero attached hydrogens (tertiary/aromatic N) is 5. The predicted octanol–water partition coefficient (Wildman–Crippen LogP) is 0.705. The largest absolute Gasteiger partial charge is 0.454 e. The fourth-order valence-corrected chi connectivity index (χ4v) is 3.06. The number of amides is 1. The minimum absolute atomic E-state index is 0.0283. The van der Waals surface area contributed by atoms with Crippen LogP contribution in [-0.2, 0) is 16.1 Å². The molecule has 1 aromatic carbocycles. The molecule has 132 valence electrons. The maximum absolute atomic E-state index is 12.5. The minimum atomic E-state index is -0.0448. The van der Waals surface area contributed by atoms with Crippen LogP contribution in [0.5, 0.6) is 11.5 Å². The Hall–Kier alpha value is -2.68. The second-order valence-corrected chi connectivity index (χ2v) is 6.27. The molecule has 1 saturated heterocycles. The lowest BCUT2D eigenvalue weighted by Gasteiger charge is -2.35. The number of hydrogen-bond acceptors (Lipinski definition) is 7. The van der Waals surface area contributed by atoms with E-state index in [4.69, 9.17) is 14.2 Å². The Morgan fingerprint density at radius 1 is 1.20 bits per heavy atom. The standard InChI is InChI=1S/C16H19N5O4/c1-10-6-20(7-11(2)25-10)15(22)8-21-18-16(17-19-21)12-3-4-13-14(5-12)24-9-23-13/h3-5,10-11H,6-9H2,1-2H3. The van der Waals surface area contributed by atoms with E-state index in [0.717, 1.165) is 5.56 Å². The summed E-state index contributed by atoms with van der Waals surface area (Å²) in [4.78, 5) is 15.6. The van der Waals surface area contributed by atoms with Gasteiger partial charge in [0.25, 0.3) is 0 Å². The molecule has 25 heavy (non-hydrogen) atoms. The van der Waals surface area contributed by atoms with Crippen molar-refractivity contribution in [1.29, 1.82) is 0 Å². The van der Waals surface area contributed by atoms with Crippen molar-refractivity contribution in [3.05, 3.63) is 18.2 Å². The van der Waals surface area contributed by atoms with Crippen LogP contribution in [-0.4, -0.2) is 63.1 Å². The highest BCUT2D eigenvalue weighted by molar-refractivity contribution is 5.76. The number of fused-ring (bicyclic) bond motifs is 1. The summed E-state index contributed by atoms with van der Waals surface area (Å²) in [5.74, 6) is 1.74. The van der Waals surface area contributed by atoms with E-state index in [1.807, 2.05) is 19.9 Å². The van der Waals surface area contributed by atoms with Crippen LogP contribution in [0.4, 0.5) is 0 Å². The molecule has 2 aliphatic heterocycles. The lowest BCUT2D eigenvalue weighted by Crippen LogP contribution is -2.49. The number of hydrogen-bond donors (Lipinski definition) is 0. The van der Waals surface area contributed by atoms with Crippen molar-refractivity contribution in [1.82, 2.24) is 25.1 Å². The molecule has 9 nitrogen and oxygen atoms in total. The molecule has 9 heteroatoms. The van der Waals surface area contributed by atoms with E-state index >= 15 is 0 Å². The number of morpholine rings is 1. The van der Waals surface area contributed by atoms with Crippen molar-refractivity contribution in [2.24, 2.45) is 0 Å². The molecule has 0 bridgehead atoms. The molecular formula is C16H19N5O4. The van der Waals surface area contributed by atoms with Gasteiger partial charge in [0, 0.05) is 18.7 Å². The zero-order chi connectivity index (χ0) is 17.4. The Morgan fingerprint density at radius 2 is 1.96 bits per heavy atom. The molecule has 1 fully saturated rings. The lowest BCUT2D eigenvalue weighted by atomic mass is 10.2. The number of rotatable bonds is 3. The van der Waals surface area contributed by atoms with Crippen LogP contribution in [0.1, 0.15) is 13.8 Å². The zero-order valence-corrected chi connectivity index (χ0v) is 14.1. The van der Waals surface area contributed by atoms with E-state index in [0.29, 0.717) is 30.4 Å². The van der Waals surface area contributed by atoms with Gasteiger partial charge in [0.2, 0.25) is 18.5 Å². The van der Waals surface area contributed by atoms with Crippen LogP contribution in [0.15, 0.2) is 18.2 Å². The number of benzene rings is 1. The second-order valence-electron chi connectivity index (χ2n) is 6.27. The van der Waals surface area contributed by atoms with Crippen molar-refractivity contribution < 1.29 is 19.0 Å². The molecule has 2 unspecified atom stereocenters. The third-order valence-corrected chi connectivity index (χ3v) is 4.13. The van der Waals surface area contributed by atoms with Crippen LogP contribution >= 0.6 is 0 Å². The molecular weight excluding hydrogens is 326 g/mol. The summed E-state index contributed by atoms with van der Waals surface area (Å²) in [5, 5.41) is 12.3. The van der Waals surface area contributed by atoms with Gasteiger partial charge < -0.3 is 19.1 Å². The monoisotopic (exact) mass is 345 g/mol. The first-order valence-corrected chi connectivity index (χ1v) is 8.19. The highest BCUT2D eigenvalue weighted by atomic mass is 16.7. The van der Waals surface area contributed by atoms with Crippen LogP contribution in [0, 0.1) is 0 Å². The highest BCUT2D eigenvalue weighted by Gasteiger charge is 2.26. The van der Waals surface area contributed by atoms with Gasteiger partial charge in [0.05, 0.1) is 12.2 Å². The van der Waals surface area contributed by atoms with Gasteiger partial charge in [0.1, 0.15) is 6.54 Å². The van der Waals surface area contributed by atoms with Crippen molar-refractivity contribution >= 4 is 5.91 Å². The number of aromatic nitrogens is 4. The molecule has 2 aliphatic rings. The Morgan fingerprint density at radius 3 is 2.76 bits per heavy atom. The van der Waals surface area contributed by atoms with Crippen LogP contribution < -0.4 is 9.47 Å². The Balaban J connectivity index is 1.45. The van der Waals surface area contributed by atoms with Crippen LogP contribution in [0.25, 0.3) is 11.4 Å². The van der Waals surface area contributed by atoms with Gasteiger partial charge in [-0.25, -0.2) is 0 Å². The zero-order valence-electron chi connectivity index (χ0n) is 14.1. The lowest BCUT2D eigenvalue weighted by molar-refractivity contribution is -0.144. The summed E-state index contributed by atoms with van der Waals surface area (Å²) in [6, 6.07) is 5.44. The van der Waals surface area contributed by atoms with Crippen molar-refractivity contribution in [2.45, 2.75) is 32.6 Å². The third kappa shape index (κ3) is 3.27. The van der Waals surface area contributed by atoms with E-state index in [9.17, 15) is 4.79 Å². The summed E-state index contributed by atoms with van der Waals surface area (Å²) in [6.07, 6.45) is 0.0567. The predicted molar refractivity (Wildman–Crippen MR) is 86.0 cm³/mol. The molecule has 3 heterocycles. The molecule has 0 N–H and O–H groups in total. The molecule has 4 rings (SSSR count). The maximum Gasteiger partial charge on any atom is 0.246 e. The summed E-state index contributed by atoms with van der Waals surface area (Å²) in [5.41, 5.74) is 0.761. The van der Waals surface area contributed by atoms with Gasteiger partial charge in [-0.1, -0.05) is 0 Å². The number of carbonyl (C=O) groups is 1. The van der Waals surface area contributed by atoms with Gasteiger partial charge in [-0.05, 0) is 37.3 Å². The molecule has 1 aromatic heterocycles. The van der Waals surface area contributed by atoms with Crippen LogP contribution in [0.2, 0.25) is 0 Å². The fourth-order valence-electron chi connectivity index (χ4n) is 3.06. The van der Waals surface area contributed by atoms with Crippen molar-refractivity contribution in [3.8, 4) is 22.9 Å². The number of carbonyl (C=O) groups excluding carboxylic acids is 1. The Kier molecular flexibility index (Phi) is 4.00. The molecule has 1 amide bonds. The number of tetrazole rings is 1. The summed E-state index contributed by atoms with van der Waals surface area (Å²) in [6.45, 7) is 5.34. The Bertz CT molecular complexity index is 783. The first kappa shape index (κ1) is 15.8. The van der Waals surface area contributed by atoms with E-state index in [1.165, 1.54) is 4.80 Å². The highest BCUT2D eigenvalue weighted by Crippen LogP contribution is 2.34. The fraction of sp³-hybridized carbons (Fsp3) is 0.500. The van der Waals surface area contributed by atoms with Gasteiger partial charge in [-0.3, -0.25) is 4.79 Å². The SMILES string of the molecule is CC1CN(C(=O)Cn2nnc(-c3ccc4c(c3)OCO4)n2)CC(C)O1. The minimum Gasteiger partial charge on any atom is -0.454 e. The molecule has 0 radical (unpaired) electrons. The quantitative estimate of drug-likeness (QED) is 0.809. The first-order chi connectivity index (χ1) is 12.1. The summed E-state index contributed by atoms with van der Waals surface area (Å²) in [7, 11) is 0. The third-order valence-electron chi connectivity index (χ3n) is 4.13. The maximum atomic E-state index is 12.5. The average Bonchev–Trinajstić information content (AvgIpc) is 3.22. The Labute approximate surface area is 144 Å². The summed E-state index contributed by atoms with van der Waals surface area (Å²) >= 11 is 0. The van der Waals surface area contributed by atoms with E-state index in [1.54, 1.807) is 17.0 Å². The van der Waals surface area contributed by atoms with E-state index < -0.39 is 0 Å². The van der Waals surface area contributed by atoms with E-state index in [2.05, 4.69) is 15.4 Å². The molecule has 2 aromatic rings. The average molecular weight is 345 g/mol. The van der Waals surface area contributed by atoms with Crippen molar-refractivity contribution in [3.63, 3.8) is 0 Å². The van der Waals surface area contributed by atoms with Gasteiger partial charge >= 0.3 is 0 Å². The number of ether oxygens (including phenoxy) is 3. The summed E-state index contributed by atoms with van der Waals surface area (Å²) < 4.78 is 16.3.